The van der Waals surface area contributed by atoms with E-state index in [0.717, 1.165) is 37.1 Å². The molecular formula is C33H31NO. The minimum absolute atomic E-state index is 0.171. The second kappa shape index (κ2) is 8.85. The van der Waals surface area contributed by atoms with Crippen molar-refractivity contribution < 1.29 is 4.79 Å². The van der Waals surface area contributed by atoms with Crippen LogP contribution >= 0.6 is 0 Å². The summed E-state index contributed by atoms with van der Waals surface area (Å²) in [6.45, 7) is 6.02. The van der Waals surface area contributed by atoms with Gasteiger partial charge in [-0.15, -0.1) is 0 Å². The molecule has 0 atom stereocenters. The van der Waals surface area contributed by atoms with Gasteiger partial charge in [0.15, 0.2) is 0 Å². The first-order chi connectivity index (χ1) is 17.1. The summed E-state index contributed by atoms with van der Waals surface area (Å²) in [5, 5.41) is 0. The van der Waals surface area contributed by atoms with Crippen molar-refractivity contribution in [3.8, 4) is 22.3 Å². The van der Waals surface area contributed by atoms with Crippen LogP contribution in [0, 0.1) is 13.8 Å². The molecule has 0 radical (unpaired) electrons. The minimum atomic E-state index is -0.171. The van der Waals surface area contributed by atoms with Crippen molar-refractivity contribution in [3.05, 3.63) is 119 Å². The molecule has 4 aromatic carbocycles. The highest BCUT2D eigenvalue weighted by Crippen LogP contribution is 2.45. The van der Waals surface area contributed by atoms with Crippen LogP contribution in [0.5, 0.6) is 0 Å². The Morgan fingerprint density at radius 3 is 1.89 bits per heavy atom. The summed E-state index contributed by atoms with van der Waals surface area (Å²) < 4.78 is 0. The maximum Gasteiger partial charge on any atom is 0.234 e. The van der Waals surface area contributed by atoms with Gasteiger partial charge in [0.05, 0.1) is 5.92 Å². The number of piperidine rings is 1. The highest BCUT2D eigenvalue weighted by molar-refractivity contribution is 5.96. The van der Waals surface area contributed by atoms with Crippen LogP contribution in [0.4, 0.5) is 0 Å². The van der Waals surface area contributed by atoms with Crippen LogP contribution < -0.4 is 0 Å². The summed E-state index contributed by atoms with van der Waals surface area (Å²) in [5.74, 6) is 0.594. The van der Waals surface area contributed by atoms with Gasteiger partial charge in [-0.2, -0.15) is 0 Å². The van der Waals surface area contributed by atoms with Gasteiger partial charge in [-0.3, -0.25) is 4.79 Å². The highest BCUT2D eigenvalue weighted by Gasteiger charge is 2.37. The van der Waals surface area contributed by atoms with Crippen molar-refractivity contribution in [1.29, 1.82) is 0 Å². The van der Waals surface area contributed by atoms with Gasteiger partial charge in [-0.1, -0.05) is 91.0 Å². The van der Waals surface area contributed by atoms with Gasteiger partial charge in [0.2, 0.25) is 5.91 Å². The topological polar surface area (TPSA) is 20.3 Å². The summed E-state index contributed by atoms with van der Waals surface area (Å²) in [6, 6.07) is 32.4. The van der Waals surface area contributed by atoms with E-state index in [9.17, 15) is 4.79 Å². The molecule has 1 amide bonds. The van der Waals surface area contributed by atoms with E-state index in [1.807, 2.05) is 0 Å². The lowest BCUT2D eigenvalue weighted by Crippen LogP contribution is -2.40. The first kappa shape index (κ1) is 21.9. The van der Waals surface area contributed by atoms with Crippen LogP contribution in [0.2, 0.25) is 0 Å². The lowest BCUT2D eigenvalue weighted by Gasteiger charge is -2.34. The molecule has 0 unspecified atom stereocenters. The summed E-state index contributed by atoms with van der Waals surface area (Å²) >= 11 is 0. The molecule has 1 aliphatic carbocycles. The summed E-state index contributed by atoms with van der Waals surface area (Å²) in [7, 11) is 0. The highest BCUT2D eigenvalue weighted by atomic mass is 16.2. The zero-order chi connectivity index (χ0) is 23.9. The molecule has 174 valence electrons. The Hall–Kier alpha value is -3.65. The van der Waals surface area contributed by atoms with E-state index >= 15 is 0 Å². The molecule has 2 nitrogen and oxygen atoms in total. The standard InChI is InChI=1S/C33H31NO/c1-22-8-7-13-27(23(22)2)26-16-14-24(15-17-26)25-18-20-34(21-19-25)33(35)32-30-11-5-3-9-28(30)29-10-4-6-12-31(29)32/h3-17,25,32H,18-21H2,1-2H3. The Bertz CT molecular complexity index is 1350. The number of hydrogen-bond acceptors (Lipinski definition) is 1. The normalized spacial score (nSPS) is 15.7. The van der Waals surface area contributed by atoms with Gasteiger partial charge in [0.25, 0.3) is 0 Å². The average molecular weight is 458 g/mol. The second-order valence-corrected chi connectivity index (χ2v) is 10.1. The lowest BCUT2D eigenvalue weighted by molar-refractivity contribution is -0.132. The minimum Gasteiger partial charge on any atom is -0.342 e. The fourth-order valence-corrected chi connectivity index (χ4v) is 6.04. The molecule has 1 heterocycles. The molecule has 0 saturated carbocycles. The molecule has 2 aliphatic rings. The van der Waals surface area contributed by atoms with Gasteiger partial charge in [0, 0.05) is 13.1 Å². The number of amides is 1. The Morgan fingerprint density at radius 1 is 0.686 bits per heavy atom. The third-order valence-corrected chi connectivity index (χ3v) is 8.19. The molecule has 1 saturated heterocycles. The van der Waals surface area contributed by atoms with Gasteiger partial charge in [-0.05, 0) is 82.7 Å². The summed E-state index contributed by atoms with van der Waals surface area (Å²) in [6.07, 6.45) is 2.04. The molecule has 0 aromatic heterocycles. The quantitative estimate of drug-likeness (QED) is 0.312. The molecule has 0 spiro atoms. The van der Waals surface area contributed by atoms with Gasteiger partial charge in [-0.25, -0.2) is 0 Å². The fourth-order valence-electron chi connectivity index (χ4n) is 6.04. The van der Waals surface area contributed by atoms with Crippen molar-refractivity contribution in [3.63, 3.8) is 0 Å². The molecule has 6 rings (SSSR count). The molecule has 1 aliphatic heterocycles. The molecule has 0 N–H and O–H groups in total. The molecular weight excluding hydrogens is 426 g/mol. The number of benzene rings is 4. The number of likely N-dealkylation sites (tertiary alicyclic amines) is 1. The SMILES string of the molecule is Cc1cccc(-c2ccc(C3CCN(C(=O)C4c5ccccc5-c5ccccc54)CC3)cc2)c1C. The van der Waals surface area contributed by atoms with Crippen LogP contribution in [-0.4, -0.2) is 23.9 Å². The third kappa shape index (κ3) is 3.78. The van der Waals surface area contributed by atoms with E-state index in [0.29, 0.717) is 5.92 Å². The number of carbonyl (C=O) groups excluding carboxylic acids is 1. The number of fused-ring (bicyclic) bond motifs is 3. The van der Waals surface area contributed by atoms with Gasteiger partial charge in [0.1, 0.15) is 0 Å². The van der Waals surface area contributed by atoms with Crippen molar-refractivity contribution in [2.75, 3.05) is 13.1 Å². The van der Waals surface area contributed by atoms with E-state index < -0.39 is 0 Å². The lowest BCUT2D eigenvalue weighted by atomic mass is 9.87. The number of aryl methyl sites for hydroxylation is 1. The Morgan fingerprint density at radius 2 is 1.26 bits per heavy atom. The maximum absolute atomic E-state index is 13.8. The summed E-state index contributed by atoms with van der Waals surface area (Å²) in [4.78, 5) is 15.9. The molecule has 4 aromatic rings. The number of carbonyl (C=O) groups is 1. The zero-order valence-electron chi connectivity index (χ0n) is 20.5. The smallest absolute Gasteiger partial charge is 0.234 e. The maximum atomic E-state index is 13.8. The van der Waals surface area contributed by atoms with Gasteiger partial charge >= 0.3 is 0 Å². The van der Waals surface area contributed by atoms with Gasteiger partial charge < -0.3 is 4.90 Å². The monoisotopic (exact) mass is 457 g/mol. The number of rotatable bonds is 3. The molecule has 0 bridgehead atoms. The molecule has 35 heavy (non-hydrogen) atoms. The van der Waals surface area contributed by atoms with Crippen molar-refractivity contribution in [2.24, 2.45) is 0 Å². The van der Waals surface area contributed by atoms with E-state index in [1.165, 1.54) is 38.9 Å². The van der Waals surface area contributed by atoms with Crippen molar-refractivity contribution >= 4 is 5.91 Å². The molecule has 1 fully saturated rings. The first-order valence-corrected chi connectivity index (χ1v) is 12.8. The predicted molar refractivity (Wildman–Crippen MR) is 144 cm³/mol. The predicted octanol–water partition coefficient (Wildman–Crippen LogP) is 7.49. The zero-order valence-corrected chi connectivity index (χ0v) is 20.5. The number of nitrogens with zero attached hydrogens (tertiary/aromatic N) is 1. The fraction of sp³-hybridized carbons (Fsp3) is 0.242. The number of hydrogen-bond donors (Lipinski definition) is 0. The largest absolute Gasteiger partial charge is 0.342 e. The van der Waals surface area contributed by atoms with Crippen LogP contribution in [0.25, 0.3) is 22.3 Å². The Balaban J connectivity index is 1.17. The van der Waals surface area contributed by atoms with Crippen LogP contribution in [-0.2, 0) is 4.79 Å². The van der Waals surface area contributed by atoms with Crippen molar-refractivity contribution in [1.82, 2.24) is 4.90 Å². The molecule has 2 heteroatoms. The third-order valence-electron chi connectivity index (χ3n) is 8.19. The van der Waals surface area contributed by atoms with E-state index in [-0.39, 0.29) is 11.8 Å². The Labute approximate surface area is 208 Å². The Kier molecular flexibility index (Phi) is 5.53. The van der Waals surface area contributed by atoms with E-state index in [1.54, 1.807) is 0 Å². The van der Waals surface area contributed by atoms with Crippen molar-refractivity contribution in [2.45, 2.75) is 38.5 Å². The van der Waals surface area contributed by atoms with Crippen LogP contribution in [0.15, 0.2) is 91.0 Å². The van der Waals surface area contributed by atoms with Crippen LogP contribution in [0.1, 0.15) is 52.5 Å². The second-order valence-electron chi connectivity index (χ2n) is 10.1. The van der Waals surface area contributed by atoms with E-state index in [4.69, 9.17) is 0 Å². The average Bonchev–Trinajstić information content (AvgIpc) is 3.25. The van der Waals surface area contributed by atoms with Crippen LogP contribution in [0.3, 0.4) is 0 Å². The summed E-state index contributed by atoms with van der Waals surface area (Å²) in [5.41, 5.74) is 11.4. The van der Waals surface area contributed by atoms with E-state index in [2.05, 4.69) is 110 Å². The first-order valence-electron chi connectivity index (χ1n) is 12.8.